The Bertz CT molecular complexity index is 716. The number of amides is 1. The average Bonchev–Trinajstić information content (AvgIpc) is 3.26. The van der Waals surface area contributed by atoms with E-state index in [0.717, 1.165) is 22.6 Å². The van der Waals surface area contributed by atoms with Crippen LogP contribution in [0.4, 0.5) is 5.69 Å². The Morgan fingerprint density at radius 2 is 1.83 bits per heavy atom. The van der Waals surface area contributed by atoms with Gasteiger partial charge in [0, 0.05) is 17.8 Å². The van der Waals surface area contributed by atoms with Crippen LogP contribution in [0.25, 0.3) is 0 Å². The lowest BCUT2D eigenvalue weighted by molar-refractivity contribution is -0.120. The lowest BCUT2D eigenvalue weighted by Gasteiger charge is -2.07. The fourth-order valence-corrected chi connectivity index (χ4v) is 2.18. The quantitative estimate of drug-likeness (QED) is 0.702. The van der Waals surface area contributed by atoms with Crippen LogP contribution in [0.15, 0.2) is 70.1 Å². The largest absolute Gasteiger partial charge is 0.472 e. The van der Waals surface area contributed by atoms with E-state index in [0.29, 0.717) is 19.5 Å². The highest BCUT2D eigenvalue weighted by molar-refractivity contribution is 5.78. The van der Waals surface area contributed by atoms with E-state index in [1.54, 1.807) is 24.9 Å². The molecular weight excluding hydrogens is 292 g/mol. The third-order valence-electron chi connectivity index (χ3n) is 3.44. The molecule has 0 spiro atoms. The van der Waals surface area contributed by atoms with Gasteiger partial charge in [-0.25, -0.2) is 0 Å². The fourth-order valence-electron chi connectivity index (χ4n) is 2.18. The topological polar surface area (TPSA) is 67.4 Å². The zero-order chi connectivity index (χ0) is 15.9. The average molecular weight is 310 g/mol. The summed E-state index contributed by atoms with van der Waals surface area (Å²) in [7, 11) is 0. The normalized spacial score (nSPS) is 10.4. The fraction of sp³-hybridized carbons (Fsp3) is 0.167. The van der Waals surface area contributed by atoms with Gasteiger partial charge in [-0.3, -0.25) is 4.79 Å². The number of furan rings is 2. The molecule has 0 bridgehead atoms. The first-order valence-electron chi connectivity index (χ1n) is 7.42. The van der Waals surface area contributed by atoms with Crippen molar-refractivity contribution >= 4 is 11.6 Å². The molecule has 3 aromatic rings. The Hall–Kier alpha value is -2.95. The molecule has 0 atom stereocenters. The molecule has 1 aromatic carbocycles. The predicted molar refractivity (Wildman–Crippen MR) is 86.7 cm³/mol. The van der Waals surface area contributed by atoms with Crippen molar-refractivity contribution < 1.29 is 13.6 Å². The first-order valence-corrected chi connectivity index (χ1v) is 7.42. The molecule has 0 aliphatic rings. The van der Waals surface area contributed by atoms with Crippen LogP contribution in [-0.4, -0.2) is 5.91 Å². The summed E-state index contributed by atoms with van der Waals surface area (Å²) in [4.78, 5) is 11.9. The molecule has 3 rings (SSSR count). The Kier molecular flexibility index (Phi) is 4.79. The zero-order valence-corrected chi connectivity index (χ0v) is 12.6. The van der Waals surface area contributed by atoms with Gasteiger partial charge in [-0.2, -0.15) is 0 Å². The molecule has 0 radical (unpaired) electrons. The molecule has 0 fully saturated rings. The lowest BCUT2D eigenvalue weighted by atomic mass is 10.1. The van der Waals surface area contributed by atoms with Gasteiger partial charge in [-0.1, -0.05) is 12.1 Å². The minimum absolute atomic E-state index is 0.0273. The van der Waals surface area contributed by atoms with Crippen LogP contribution in [0.3, 0.4) is 0 Å². The van der Waals surface area contributed by atoms with Crippen LogP contribution < -0.4 is 10.6 Å². The van der Waals surface area contributed by atoms with Gasteiger partial charge in [0.05, 0.1) is 31.8 Å². The van der Waals surface area contributed by atoms with Crippen molar-refractivity contribution in [2.24, 2.45) is 0 Å². The maximum atomic E-state index is 11.9. The standard InChI is InChI=1S/C18H18N2O3/c21-18(20-12-17-2-1-8-23-17)10-14-3-5-16(6-4-14)19-11-15-7-9-22-13-15/h1-9,13,19H,10-12H2,(H,20,21). The molecule has 0 saturated carbocycles. The van der Waals surface area contributed by atoms with Gasteiger partial charge in [0.25, 0.3) is 0 Å². The van der Waals surface area contributed by atoms with Crippen LogP contribution in [0.1, 0.15) is 16.9 Å². The Balaban J connectivity index is 1.46. The van der Waals surface area contributed by atoms with Gasteiger partial charge in [0.15, 0.2) is 0 Å². The van der Waals surface area contributed by atoms with Gasteiger partial charge in [-0.15, -0.1) is 0 Å². The SMILES string of the molecule is O=C(Cc1ccc(NCc2ccoc2)cc1)NCc1ccco1. The molecule has 118 valence electrons. The van der Waals surface area contributed by atoms with Crippen LogP contribution in [0.2, 0.25) is 0 Å². The molecule has 2 aromatic heterocycles. The highest BCUT2D eigenvalue weighted by Gasteiger charge is 2.04. The van der Waals surface area contributed by atoms with E-state index in [4.69, 9.17) is 8.83 Å². The van der Waals surface area contributed by atoms with Gasteiger partial charge in [-0.05, 0) is 35.9 Å². The molecule has 1 amide bonds. The van der Waals surface area contributed by atoms with E-state index in [9.17, 15) is 4.79 Å². The lowest BCUT2D eigenvalue weighted by Crippen LogP contribution is -2.24. The Morgan fingerprint density at radius 3 is 2.52 bits per heavy atom. The molecule has 5 heteroatoms. The molecule has 5 nitrogen and oxygen atoms in total. The van der Waals surface area contributed by atoms with Crippen molar-refractivity contribution in [2.45, 2.75) is 19.5 Å². The van der Waals surface area contributed by atoms with Gasteiger partial charge in [0.2, 0.25) is 5.91 Å². The summed E-state index contributed by atoms with van der Waals surface area (Å²) in [5, 5.41) is 6.13. The second-order valence-electron chi connectivity index (χ2n) is 5.21. The van der Waals surface area contributed by atoms with Crippen molar-refractivity contribution in [1.29, 1.82) is 0 Å². The van der Waals surface area contributed by atoms with Gasteiger partial charge < -0.3 is 19.5 Å². The van der Waals surface area contributed by atoms with Gasteiger partial charge in [0.1, 0.15) is 5.76 Å². The molecule has 23 heavy (non-hydrogen) atoms. The van der Waals surface area contributed by atoms with E-state index in [2.05, 4.69) is 10.6 Å². The molecule has 0 aliphatic carbocycles. The molecule has 2 heterocycles. The number of anilines is 1. The van der Waals surface area contributed by atoms with Crippen LogP contribution >= 0.6 is 0 Å². The van der Waals surface area contributed by atoms with Crippen molar-refractivity contribution in [2.75, 3.05) is 5.32 Å². The van der Waals surface area contributed by atoms with Crippen molar-refractivity contribution in [3.63, 3.8) is 0 Å². The Morgan fingerprint density at radius 1 is 0.957 bits per heavy atom. The summed E-state index contributed by atoms with van der Waals surface area (Å²) in [6, 6.07) is 13.4. The summed E-state index contributed by atoms with van der Waals surface area (Å²) in [5.41, 5.74) is 3.06. The first kappa shape index (κ1) is 15.0. The molecule has 0 aliphatic heterocycles. The van der Waals surface area contributed by atoms with E-state index in [1.165, 1.54) is 0 Å². The number of hydrogen-bond donors (Lipinski definition) is 2. The van der Waals surface area contributed by atoms with Gasteiger partial charge >= 0.3 is 0 Å². The number of hydrogen-bond acceptors (Lipinski definition) is 4. The first-order chi connectivity index (χ1) is 11.3. The van der Waals surface area contributed by atoms with Crippen LogP contribution in [-0.2, 0) is 24.3 Å². The van der Waals surface area contributed by atoms with Crippen molar-refractivity contribution in [3.8, 4) is 0 Å². The van der Waals surface area contributed by atoms with E-state index in [-0.39, 0.29) is 5.91 Å². The third kappa shape index (κ3) is 4.51. The number of benzene rings is 1. The summed E-state index contributed by atoms with van der Waals surface area (Å²) in [5.74, 6) is 0.720. The molecular formula is C18H18N2O3. The maximum Gasteiger partial charge on any atom is 0.224 e. The highest BCUT2D eigenvalue weighted by Crippen LogP contribution is 2.12. The van der Waals surface area contributed by atoms with E-state index < -0.39 is 0 Å². The number of nitrogens with one attached hydrogen (secondary N) is 2. The summed E-state index contributed by atoms with van der Waals surface area (Å²) in [6.45, 7) is 1.12. The molecule has 2 N–H and O–H groups in total. The smallest absolute Gasteiger partial charge is 0.224 e. The predicted octanol–water partition coefficient (Wildman–Crippen LogP) is 3.34. The molecule has 0 saturated heterocycles. The van der Waals surface area contributed by atoms with E-state index in [1.807, 2.05) is 36.4 Å². The number of rotatable bonds is 7. The van der Waals surface area contributed by atoms with Crippen molar-refractivity contribution in [1.82, 2.24) is 5.32 Å². The van der Waals surface area contributed by atoms with Crippen LogP contribution in [0, 0.1) is 0 Å². The maximum absolute atomic E-state index is 11.9. The summed E-state index contributed by atoms with van der Waals surface area (Å²) < 4.78 is 10.2. The second-order valence-corrected chi connectivity index (χ2v) is 5.21. The molecule has 0 unspecified atom stereocenters. The third-order valence-corrected chi connectivity index (χ3v) is 3.44. The zero-order valence-electron chi connectivity index (χ0n) is 12.6. The van der Waals surface area contributed by atoms with Crippen molar-refractivity contribution in [3.05, 3.63) is 78.1 Å². The van der Waals surface area contributed by atoms with E-state index >= 15 is 0 Å². The van der Waals surface area contributed by atoms with Crippen LogP contribution in [0.5, 0.6) is 0 Å². The minimum Gasteiger partial charge on any atom is -0.472 e. The minimum atomic E-state index is -0.0273. The number of carbonyl (C=O) groups is 1. The highest BCUT2D eigenvalue weighted by atomic mass is 16.3. The Labute approximate surface area is 134 Å². The number of carbonyl (C=O) groups excluding carboxylic acids is 1. The monoisotopic (exact) mass is 310 g/mol. The second kappa shape index (κ2) is 7.35. The summed E-state index contributed by atoms with van der Waals surface area (Å²) >= 11 is 0. The summed E-state index contributed by atoms with van der Waals surface area (Å²) in [6.07, 6.45) is 5.31.